The summed E-state index contributed by atoms with van der Waals surface area (Å²) < 4.78 is 10.9. The zero-order valence-electron chi connectivity index (χ0n) is 13.5. The smallest absolute Gasteiger partial charge is 0.118 e. The summed E-state index contributed by atoms with van der Waals surface area (Å²) in [6.45, 7) is 7.99. The number of hydrogen-bond acceptors (Lipinski definition) is 4. The molecule has 1 unspecified atom stereocenters. The van der Waals surface area contributed by atoms with E-state index in [0.29, 0.717) is 0 Å². The molecule has 1 atom stereocenters. The Labute approximate surface area is 128 Å². The SMILES string of the molecule is CCNCC1(CN(C)Cc2ccc(OC)cc2)CCOC1. The third-order valence-electron chi connectivity index (χ3n) is 4.15. The highest BCUT2D eigenvalue weighted by Gasteiger charge is 2.35. The summed E-state index contributed by atoms with van der Waals surface area (Å²) in [4.78, 5) is 2.40. The van der Waals surface area contributed by atoms with Gasteiger partial charge in [-0.05, 0) is 37.7 Å². The number of methoxy groups -OCH3 is 1. The minimum atomic E-state index is 0.261. The molecule has 21 heavy (non-hydrogen) atoms. The molecule has 0 aromatic heterocycles. The second-order valence-electron chi connectivity index (χ2n) is 6.10. The van der Waals surface area contributed by atoms with Gasteiger partial charge in [0.05, 0.1) is 13.7 Å². The van der Waals surface area contributed by atoms with Crippen LogP contribution < -0.4 is 10.1 Å². The summed E-state index contributed by atoms with van der Waals surface area (Å²) in [5, 5.41) is 3.49. The lowest BCUT2D eigenvalue weighted by Crippen LogP contribution is -2.43. The molecule has 1 aromatic carbocycles. The Kier molecular flexibility index (Phi) is 6.03. The average molecular weight is 292 g/mol. The van der Waals surface area contributed by atoms with Gasteiger partial charge in [0, 0.05) is 31.7 Å². The molecule has 1 aromatic rings. The standard InChI is InChI=1S/C17H28N2O2/c1-4-18-12-17(9-10-21-14-17)13-19(2)11-15-5-7-16(20-3)8-6-15/h5-8,18H,4,9-14H2,1-3H3. The molecule has 0 radical (unpaired) electrons. The number of ether oxygens (including phenoxy) is 2. The average Bonchev–Trinajstić information content (AvgIpc) is 2.94. The van der Waals surface area contributed by atoms with E-state index in [2.05, 4.69) is 36.3 Å². The lowest BCUT2D eigenvalue weighted by molar-refractivity contribution is 0.117. The number of nitrogens with one attached hydrogen (secondary N) is 1. The van der Waals surface area contributed by atoms with Gasteiger partial charge in [0.25, 0.3) is 0 Å². The molecule has 1 aliphatic heterocycles. The topological polar surface area (TPSA) is 33.7 Å². The summed E-state index contributed by atoms with van der Waals surface area (Å²) in [5.74, 6) is 0.911. The van der Waals surface area contributed by atoms with Crippen molar-refractivity contribution in [3.05, 3.63) is 29.8 Å². The minimum Gasteiger partial charge on any atom is -0.497 e. The van der Waals surface area contributed by atoms with Gasteiger partial charge >= 0.3 is 0 Å². The van der Waals surface area contributed by atoms with Crippen molar-refractivity contribution in [2.24, 2.45) is 5.41 Å². The van der Waals surface area contributed by atoms with Crippen molar-refractivity contribution in [3.8, 4) is 5.75 Å². The van der Waals surface area contributed by atoms with E-state index >= 15 is 0 Å². The molecule has 1 fully saturated rings. The van der Waals surface area contributed by atoms with Crippen LogP contribution in [0.15, 0.2) is 24.3 Å². The lowest BCUT2D eigenvalue weighted by atomic mass is 9.86. The van der Waals surface area contributed by atoms with Crippen LogP contribution in [-0.2, 0) is 11.3 Å². The first-order valence-electron chi connectivity index (χ1n) is 7.77. The third kappa shape index (κ3) is 4.70. The molecule has 1 saturated heterocycles. The summed E-state index contributed by atoms with van der Waals surface area (Å²) in [6.07, 6.45) is 1.15. The van der Waals surface area contributed by atoms with Gasteiger partial charge in [-0.15, -0.1) is 0 Å². The first-order chi connectivity index (χ1) is 10.2. The van der Waals surface area contributed by atoms with Gasteiger partial charge in [0.1, 0.15) is 5.75 Å². The molecule has 0 saturated carbocycles. The molecule has 0 aliphatic carbocycles. The van der Waals surface area contributed by atoms with Gasteiger partial charge in [-0.3, -0.25) is 0 Å². The Morgan fingerprint density at radius 1 is 1.33 bits per heavy atom. The van der Waals surface area contributed by atoms with Crippen molar-refractivity contribution in [2.75, 3.05) is 47.0 Å². The number of hydrogen-bond donors (Lipinski definition) is 1. The molecule has 1 N–H and O–H groups in total. The molecule has 4 nitrogen and oxygen atoms in total. The van der Waals surface area contributed by atoms with Crippen molar-refractivity contribution in [3.63, 3.8) is 0 Å². The maximum atomic E-state index is 5.66. The normalized spacial score (nSPS) is 21.9. The predicted molar refractivity (Wildman–Crippen MR) is 85.7 cm³/mol. The van der Waals surface area contributed by atoms with Crippen LogP contribution >= 0.6 is 0 Å². The van der Waals surface area contributed by atoms with Crippen LogP contribution in [0.5, 0.6) is 5.75 Å². The summed E-state index contributed by atoms with van der Waals surface area (Å²) in [7, 11) is 3.89. The van der Waals surface area contributed by atoms with Gasteiger partial charge in [-0.2, -0.15) is 0 Å². The summed E-state index contributed by atoms with van der Waals surface area (Å²) in [5.41, 5.74) is 1.58. The molecular formula is C17H28N2O2. The second kappa shape index (κ2) is 7.78. The van der Waals surface area contributed by atoms with Gasteiger partial charge in [0.2, 0.25) is 0 Å². The van der Waals surface area contributed by atoms with E-state index in [1.165, 1.54) is 5.56 Å². The number of nitrogens with zero attached hydrogens (tertiary/aromatic N) is 1. The molecule has 1 heterocycles. The van der Waals surface area contributed by atoms with Crippen LogP contribution in [0.3, 0.4) is 0 Å². The molecule has 2 rings (SSSR count). The van der Waals surface area contributed by atoms with Crippen LogP contribution in [0.2, 0.25) is 0 Å². The van der Waals surface area contributed by atoms with E-state index in [-0.39, 0.29) is 5.41 Å². The van der Waals surface area contributed by atoms with E-state index < -0.39 is 0 Å². The summed E-state index contributed by atoms with van der Waals surface area (Å²) in [6, 6.07) is 8.32. The highest BCUT2D eigenvalue weighted by molar-refractivity contribution is 5.27. The van der Waals surface area contributed by atoms with Crippen molar-refractivity contribution in [2.45, 2.75) is 19.9 Å². The fourth-order valence-corrected chi connectivity index (χ4v) is 3.03. The predicted octanol–water partition coefficient (Wildman–Crippen LogP) is 2.14. The molecule has 0 bridgehead atoms. The second-order valence-corrected chi connectivity index (χ2v) is 6.10. The van der Waals surface area contributed by atoms with E-state index in [1.54, 1.807) is 7.11 Å². The van der Waals surface area contributed by atoms with Crippen molar-refractivity contribution >= 4 is 0 Å². The molecule has 0 amide bonds. The molecule has 4 heteroatoms. The van der Waals surface area contributed by atoms with Crippen molar-refractivity contribution in [1.82, 2.24) is 10.2 Å². The fraction of sp³-hybridized carbons (Fsp3) is 0.647. The Morgan fingerprint density at radius 3 is 2.67 bits per heavy atom. The lowest BCUT2D eigenvalue weighted by Gasteiger charge is -2.32. The maximum absolute atomic E-state index is 5.66. The summed E-state index contributed by atoms with van der Waals surface area (Å²) >= 11 is 0. The van der Waals surface area contributed by atoms with Gasteiger partial charge in [0.15, 0.2) is 0 Å². The van der Waals surface area contributed by atoms with Crippen LogP contribution in [0.25, 0.3) is 0 Å². The quantitative estimate of drug-likeness (QED) is 0.796. The van der Waals surface area contributed by atoms with E-state index in [1.807, 2.05) is 12.1 Å². The Morgan fingerprint density at radius 2 is 2.10 bits per heavy atom. The van der Waals surface area contributed by atoms with Crippen LogP contribution in [-0.4, -0.2) is 51.9 Å². The highest BCUT2D eigenvalue weighted by Crippen LogP contribution is 2.29. The highest BCUT2D eigenvalue weighted by atomic mass is 16.5. The van der Waals surface area contributed by atoms with Crippen molar-refractivity contribution < 1.29 is 9.47 Å². The monoisotopic (exact) mass is 292 g/mol. The molecule has 1 aliphatic rings. The van der Waals surface area contributed by atoms with Gasteiger partial charge in [-0.25, -0.2) is 0 Å². The number of rotatable bonds is 8. The Hall–Kier alpha value is -1.10. The molecule has 118 valence electrons. The van der Waals surface area contributed by atoms with E-state index in [4.69, 9.17) is 9.47 Å². The first kappa shape index (κ1) is 16.3. The number of benzene rings is 1. The van der Waals surface area contributed by atoms with Gasteiger partial charge in [-0.1, -0.05) is 19.1 Å². The molecule has 0 spiro atoms. The maximum Gasteiger partial charge on any atom is 0.118 e. The van der Waals surface area contributed by atoms with Crippen LogP contribution in [0, 0.1) is 5.41 Å². The molecular weight excluding hydrogens is 264 g/mol. The Balaban J connectivity index is 1.90. The Bertz CT molecular complexity index is 413. The van der Waals surface area contributed by atoms with E-state index in [9.17, 15) is 0 Å². The van der Waals surface area contributed by atoms with E-state index in [0.717, 1.165) is 51.6 Å². The van der Waals surface area contributed by atoms with Crippen LogP contribution in [0.4, 0.5) is 0 Å². The zero-order chi connectivity index (χ0) is 15.1. The zero-order valence-corrected chi connectivity index (χ0v) is 13.5. The van der Waals surface area contributed by atoms with Gasteiger partial charge < -0.3 is 19.7 Å². The van der Waals surface area contributed by atoms with Crippen LogP contribution in [0.1, 0.15) is 18.9 Å². The van der Waals surface area contributed by atoms with Crippen molar-refractivity contribution in [1.29, 1.82) is 0 Å². The minimum absolute atomic E-state index is 0.261. The largest absolute Gasteiger partial charge is 0.497 e. The first-order valence-corrected chi connectivity index (χ1v) is 7.77. The third-order valence-corrected chi connectivity index (χ3v) is 4.15. The fourth-order valence-electron chi connectivity index (χ4n) is 3.03.